The van der Waals surface area contributed by atoms with Crippen LogP contribution in [0.5, 0.6) is 0 Å². The van der Waals surface area contributed by atoms with Gasteiger partial charge in [-0.15, -0.1) is 0 Å². The highest BCUT2D eigenvalue weighted by Gasteiger charge is 2.47. The summed E-state index contributed by atoms with van der Waals surface area (Å²) in [7, 11) is -3.84. The molecule has 1 aliphatic rings. The van der Waals surface area contributed by atoms with E-state index in [2.05, 4.69) is 0 Å². The Hall–Kier alpha value is -1.36. The summed E-state index contributed by atoms with van der Waals surface area (Å²) in [5, 5.41) is 0. The van der Waals surface area contributed by atoms with Gasteiger partial charge in [-0.25, -0.2) is 4.79 Å². The van der Waals surface area contributed by atoms with E-state index in [0.29, 0.717) is 6.54 Å². The average Bonchev–Trinajstić information content (AvgIpc) is 2.92. The van der Waals surface area contributed by atoms with Crippen molar-refractivity contribution in [2.24, 2.45) is 0 Å². The third-order valence-electron chi connectivity index (χ3n) is 3.90. The summed E-state index contributed by atoms with van der Waals surface area (Å²) in [6.45, 7) is 7.70. The van der Waals surface area contributed by atoms with Crippen molar-refractivity contribution in [3.05, 3.63) is 35.9 Å². The van der Waals surface area contributed by atoms with Gasteiger partial charge >= 0.3 is 13.7 Å². The first-order valence-corrected chi connectivity index (χ1v) is 9.78. The van der Waals surface area contributed by atoms with Crippen LogP contribution in [0.2, 0.25) is 0 Å². The highest BCUT2D eigenvalue weighted by Crippen LogP contribution is 2.55. The smallest absolute Gasteiger partial charge is 0.410 e. The normalized spacial score (nSPS) is 23.8. The number of rotatable bonds is 4. The topological polar surface area (TPSA) is 76.1 Å². The number of carbonyl (C=O) groups excluding carboxylic acids is 1. The highest BCUT2D eigenvalue weighted by molar-refractivity contribution is 7.53. The van der Waals surface area contributed by atoms with Crippen LogP contribution in [-0.2, 0) is 13.8 Å². The zero-order valence-electron chi connectivity index (χ0n) is 14.6. The van der Waals surface area contributed by atoms with Crippen LogP contribution in [-0.4, -0.2) is 46.8 Å². The van der Waals surface area contributed by atoms with Gasteiger partial charge in [-0.3, -0.25) is 4.57 Å². The Balaban J connectivity index is 2.26. The van der Waals surface area contributed by atoms with E-state index in [-0.39, 0.29) is 19.1 Å². The van der Waals surface area contributed by atoms with Crippen LogP contribution in [0.1, 0.15) is 39.2 Å². The molecule has 3 atom stereocenters. The minimum atomic E-state index is -3.84. The maximum Gasteiger partial charge on any atom is 0.410 e. The van der Waals surface area contributed by atoms with E-state index in [1.165, 1.54) is 4.90 Å². The molecule has 134 valence electrons. The van der Waals surface area contributed by atoms with E-state index >= 15 is 0 Å². The molecule has 0 aromatic heterocycles. The van der Waals surface area contributed by atoms with Crippen molar-refractivity contribution >= 4 is 13.7 Å². The van der Waals surface area contributed by atoms with Crippen molar-refractivity contribution in [1.82, 2.24) is 4.90 Å². The molecule has 24 heavy (non-hydrogen) atoms. The number of carbonyl (C=O) groups is 1. The van der Waals surface area contributed by atoms with Gasteiger partial charge in [-0.05, 0) is 33.3 Å². The zero-order valence-corrected chi connectivity index (χ0v) is 15.5. The second-order valence-corrected chi connectivity index (χ2v) is 9.00. The molecule has 1 saturated heterocycles. The Labute approximate surface area is 143 Å². The Bertz CT molecular complexity index is 613. The van der Waals surface area contributed by atoms with Crippen LogP contribution >= 0.6 is 7.60 Å². The monoisotopic (exact) mass is 355 g/mol. The molecule has 1 N–H and O–H groups in total. The second-order valence-electron chi connectivity index (χ2n) is 6.95. The lowest BCUT2D eigenvalue weighted by Gasteiger charge is -2.24. The summed E-state index contributed by atoms with van der Waals surface area (Å²) >= 11 is 0. The molecule has 1 heterocycles. The summed E-state index contributed by atoms with van der Waals surface area (Å²) in [4.78, 5) is 24.2. The van der Waals surface area contributed by atoms with Crippen LogP contribution in [0.25, 0.3) is 0 Å². The maximum atomic E-state index is 12.6. The van der Waals surface area contributed by atoms with E-state index in [9.17, 15) is 14.3 Å². The van der Waals surface area contributed by atoms with Gasteiger partial charge in [-0.2, -0.15) is 0 Å². The van der Waals surface area contributed by atoms with Gasteiger partial charge < -0.3 is 19.1 Å². The lowest BCUT2D eigenvalue weighted by atomic mass is 9.98. The third kappa shape index (κ3) is 4.59. The predicted octanol–water partition coefficient (Wildman–Crippen LogP) is 3.61. The van der Waals surface area contributed by atoms with E-state index in [1.807, 2.05) is 30.3 Å². The molecule has 2 rings (SSSR count). The molecule has 0 saturated carbocycles. The number of hydrogen-bond acceptors (Lipinski definition) is 4. The lowest BCUT2D eigenvalue weighted by molar-refractivity contribution is 0.0292. The maximum absolute atomic E-state index is 12.6. The van der Waals surface area contributed by atoms with Crippen LogP contribution in [0.4, 0.5) is 4.79 Å². The quantitative estimate of drug-likeness (QED) is 0.835. The van der Waals surface area contributed by atoms with Gasteiger partial charge in [0.15, 0.2) is 0 Å². The number of nitrogens with zero attached hydrogens (tertiary/aromatic N) is 1. The van der Waals surface area contributed by atoms with Crippen molar-refractivity contribution in [1.29, 1.82) is 0 Å². The van der Waals surface area contributed by atoms with E-state index in [1.54, 1.807) is 27.7 Å². The average molecular weight is 355 g/mol. The van der Waals surface area contributed by atoms with Crippen LogP contribution < -0.4 is 0 Å². The summed E-state index contributed by atoms with van der Waals surface area (Å²) in [6.07, 6.45) is -0.470. The first-order valence-electron chi connectivity index (χ1n) is 8.14. The van der Waals surface area contributed by atoms with E-state index in [0.717, 1.165) is 5.56 Å². The van der Waals surface area contributed by atoms with Crippen LogP contribution in [0, 0.1) is 0 Å². The molecule has 0 spiro atoms. The number of likely N-dealkylation sites (tertiary alicyclic amines) is 1. The molecule has 0 aliphatic carbocycles. The molecule has 1 aliphatic heterocycles. The Morgan fingerprint density at radius 1 is 1.29 bits per heavy atom. The summed E-state index contributed by atoms with van der Waals surface area (Å²) in [5.74, 6) is -0.263. The fourth-order valence-corrected chi connectivity index (χ4v) is 4.59. The molecule has 1 amide bonds. The van der Waals surface area contributed by atoms with Crippen molar-refractivity contribution in [3.63, 3.8) is 0 Å². The van der Waals surface area contributed by atoms with Gasteiger partial charge in [0.25, 0.3) is 0 Å². The van der Waals surface area contributed by atoms with Gasteiger partial charge in [0.1, 0.15) is 5.60 Å². The molecular weight excluding hydrogens is 329 g/mol. The van der Waals surface area contributed by atoms with E-state index in [4.69, 9.17) is 9.26 Å². The first kappa shape index (κ1) is 19.0. The Morgan fingerprint density at radius 3 is 2.46 bits per heavy atom. The van der Waals surface area contributed by atoms with Gasteiger partial charge in [0, 0.05) is 19.0 Å². The predicted molar refractivity (Wildman–Crippen MR) is 92.2 cm³/mol. The van der Waals surface area contributed by atoms with E-state index < -0.39 is 24.9 Å². The Kier molecular flexibility index (Phi) is 5.74. The van der Waals surface area contributed by atoms with Crippen LogP contribution in [0.3, 0.4) is 0 Å². The van der Waals surface area contributed by atoms with Crippen molar-refractivity contribution in [3.8, 4) is 0 Å². The molecular formula is C17H26NO5P. The van der Waals surface area contributed by atoms with Crippen molar-refractivity contribution in [2.75, 3.05) is 19.7 Å². The second kappa shape index (κ2) is 7.26. The highest BCUT2D eigenvalue weighted by atomic mass is 31.2. The number of benzene rings is 1. The molecule has 1 aromatic carbocycles. The van der Waals surface area contributed by atoms with Crippen LogP contribution in [0.15, 0.2) is 30.3 Å². The van der Waals surface area contributed by atoms with Gasteiger partial charge in [0.05, 0.1) is 12.3 Å². The molecule has 3 unspecified atom stereocenters. The molecule has 6 nitrogen and oxygen atoms in total. The summed E-state index contributed by atoms with van der Waals surface area (Å²) < 4.78 is 23.1. The summed E-state index contributed by atoms with van der Waals surface area (Å²) in [5.41, 5.74) is -0.352. The number of ether oxygens (including phenoxy) is 1. The zero-order chi connectivity index (χ0) is 18.0. The van der Waals surface area contributed by atoms with Gasteiger partial charge in [-0.1, -0.05) is 30.3 Å². The minimum absolute atomic E-state index is 0.141. The lowest BCUT2D eigenvalue weighted by Crippen LogP contribution is -2.35. The van der Waals surface area contributed by atoms with Crippen molar-refractivity contribution < 1.29 is 23.5 Å². The Morgan fingerprint density at radius 2 is 1.92 bits per heavy atom. The fraction of sp³-hybridized carbons (Fsp3) is 0.588. The van der Waals surface area contributed by atoms with Gasteiger partial charge in [0.2, 0.25) is 0 Å². The summed E-state index contributed by atoms with van der Waals surface area (Å²) in [6, 6.07) is 9.46. The molecule has 0 bridgehead atoms. The molecule has 0 radical (unpaired) electrons. The van der Waals surface area contributed by atoms with Crippen molar-refractivity contribution in [2.45, 2.75) is 44.9 Å². The first-order chi connectivity index (χ1) is 11.1. The fourth-order valence-electron chi connectivity index (χ4n) is 2.90. The molecule has 1 aromatic rings. The standard InChI is InChI=1S/C17H26NO5P/c1-5-22-24(20,21)15-12-18(16(19)23-17(2,3)4)11-14(15)13-9-7-6-8-10-13/h6-10,14-15H,5,11-12H2,1-4H3,(H,20,21). The third-order valence-corrected chi connectivity index (χ3v) is 5.89. The SMILES string of the molecule is CCOP(=O)(O)C1CN(C(=O)OC(C)(C)C)CC1c1ccccc1. The minimum Gasteiger partial charge on any atom is -0.444 e. The molecule has 1 fully saturated rings. The largest absolute Gasteiger partial charge is 0.444 e. The molecule has 7 heteroatoms. The number of amides is 1. The number of hydrogen-bond donors (Lipinski definition) is 1.